The van der Waals surface area contributed by atoms with Gasteiger partial charge in [-0.1, -0.05) is 6.92 Å². The second kappa shape index (κ2) is 7.64. The van der Waals surface area contributed by atoms with E-state index in [0.717, 1.165) is 31.6 Å². The van der Waals surface area contributed by atoms with Crippen LogP contribution in [0.2, 0.25) is 0 Å². The summed E-state index contributed by atoms with van der Waals surface area (Å²) in [6.07, 6.45) is 3.47. The summed E-state index contributed by atoms with van der Waals surface area (Å²) in [7, 11) is 1.23. The van der Waals surface area contributed by atoms with Crippen LogP contribution in [0.4, 0.5) is 11.4 Å². The molecule has 0 atom stereocenters. The first-order valence-electron chi connectivity index (χ1n) is 8.99. The van der Waals surface area contributed by atoms with Gasteiger partial charge in [-0.2, -0.15) is 5.26 Å². The monoisotopic (exact) mass is 382 g/mol. The Morgan fingerprint density at radius 3 is 2.54 bits per heavy atom. The highest BCUT2D eigenvalue weighted by molar-refractivity contribution is 5.97. The predicted molar refractivity (Wildman–Crippen MR) is 104 cm³/mol. The van der Waals surface area contributed by atoms with Gasteiger partial charge in [0.15, 0.2) is 5.69 Å². The van der Waals surface area contributed by atoms with Crippen molar-refractivity contribution in [3.05, 3.63) is 41.2 Å². The van der Waals surface area contributed by atoms with E-state index in [1.54, 1.807) is 6.07 Å². The molecule has 8 heteroatoms. The van der Waals surface area contributed by atoms with Crippen LogP contribution in [0.5, 0.6) is 0 Å². The summed E-state index contributed by atoms with van der Waals surface area (Å²) in [5.41, 5.74) is 7.47. The van der Waals surface area contributed by atoms with Gasteiger partial charge in [-0.15, -0.1) is 0 Å². The zero-order valence-corrected chi connectivity index (χ0v) is 15.8. The lowest BCUT2D eigenvalue weighted by atomic mass is 9.98. The molecule has 1 aliphatic heterocycles. The summed E-state index contributed by atoms with van der Waals surface area (Å²) in [6, 6.07) is 6.72. The number of carbonyl (C=O) groups is 2. The van der Waals surface area contributed by atoms with Crippen molar-refractivity contribution in [2.75, 3.05) is 30.8 Å². The highest BCUT2D eigenvalue weighted by Crippen LogP contribution is 2.33. The van der Waals surface area contributed by atoms with Crippen molar-refractivity contribution < 1.29 is 19.4 Å². The van der Waals surface area contributed by atoms with Gasteiger partial charge in [0, 0.05) is 19.3 Å². The summed E-state index contributed by atoms with van der Waals surface area (Å²) < 4.78 is 6.29. The Labute approximate surface area is 162 Å². The predicted octanol–water partition coefficient (Wildman–Crippen LogP) is 2.65. The standard InChI is InChI=1S/C20H22N4O4/c1-12-5-7-23(8-6-12)15-4-3-13(19(25)26)9-16(15)24-11-14(10-21)17(22)18(24)20(27)28-2/h3-4,9,11-12H,5-8,22H2,1-2H3,(H,25,26). The number of ether oxygens (including phenoxy) is 1. The van der Waals surface area contributed by atoms with Crippen molar-refractivity contribution in [3.63, 3.8) is 0 Å². The first-order chi connectivity index (χ1) is 13.4. The van der Waals surface area contributed by atoms with Crippen LogP contribution in [0.1, 0.15) is 46.2 Å². The number of hydrogen-bond donors (Lipinski definition) is 2. The van der Waals surface area contributed by atoms with Gasteiger partial charge in [0.2, 0.25) is 0 Å². The van der Waals surface area contributed by atoms with E-state index in [0.29, 0.717) is 11.6 Å². The molecule has 8 nitrogen and oxygen atoms in total. The summed E-state index contributed by atoms with van der Waals surface area (Å²) in [5.74, 6) is -1.16. The number of anilines is 2. The summed E-state index contributed by atoms with van der Waals surface area (Å²) in [4.78, 5) is 26.0. The fourth-order valence-electron chi connectivity index (χ4n) is 3.47. The minimum Gasteiger partial charge on any atom is -0.478 e. The summed E-state index contributed by atoms with van der Waals surface area (Å²) in [5, 5.41) is 18.8. The molecule has 1 aromatic heterocycles. The summed E-state index contributed by atoms with van der Waals surface area (Å²) in [6.45, 7) is 3.83. The second-order valence-electron chi connectivity index (χ2n) is 6.96. The molecular formula is C20H22N4O4. The fraction of sp³-hybridized carbons (Fsp3) is 0.350. The lowest BCUT2D eigenvalue weighted by Gasteiger charge is -2.33. The van der Waals surface area contributed by atoms with E-state index >= 15 is 0 Å². The number of aromatic carboxylic acids is 1. The quantitative estimate of drug-likeness (QED) is 0.780. The number of hydrogen-bond acceptors (Lipinski definition) is 6. The number of esters is 1. The Hall–Kier alpha value is -3.47. The number of carboxylic acid groups (broad SMARTS) is 1. The molecule has 0 radical (unpaired) electrons. The van der Waals surface area contributed by atoms with Gasteiger partial charge >= 0.3 is 11.9 Å². The first kappa shape index (κ1) is 19.3. The van der Waals surface area contributed by atoms with Gasteiger partial charge in [-0.05, 0) is 37.0 Å². The second-order valence-corrected chi connectivity index (χ2v) is 6.96. The molecule has 0 unspecified atom stereocenters. The molecule has 0 spiro atoms. The van der Waals surface area contributed by atoms with Gasteiger partial charge in [0.25, 0.3) is 0 Å². The molecule has 1 fully saturated rings. The number of nitriles is 1. The Bertz CT molecular complexity index is 965. The molecule has 1 saturated heterocycles. The highest BCUT2D eigenvalue weighted by atomic mass is 16.5. The van der Waals surface area contributed by atoms with E-state index in [-0.39, 0.29) is 22.5 Å². The van der Waals surface area contributed by atoms with E-state index in [1.807, 2.05) is 6.07 Å². The molecule has 2 aromatic rings. The van der Waals surface area contributed by atoms with Crippen molar-refractivity contribution >= 4 is 23.3 Å². The van der Waals surface area contributed by atoms with Crippen molar-refractivity contribution in [1.82, 2.24) is 4.57 Å². The smallest absolute Gasteiger partial charge is 0.357 e. The maximum Gasteiger partial charge on any atom is 0.357 e. The van der Waals surface area contributed by atoms with Crippen LogP contribution < -0.4 is 10.6 Å². The zero-order valence-electron chi connectivity index (χ0n) is 15.8. The minimum absolute atomic E-state index is 0.00761. The van der Waals surface area contributed by atoms with Gasteiger partial charge < -0.3 is 25.0 Å². The fourth-order valence-corrected chi connectivity index (χ4v) is 3.47. The number of piperidine rings is 1. The molecule has 3 N–H and O–H groups in total. The average molecular weight is 382 g/mol. The highest BCUT2D eigenvalue weighted by Gasteiger charge is 2.26. The number of nitrogen functional groups attached to an aromatic ring is 1. The largest absolute Gasteiger partial charge is 0.478 e. The Kier molecular flexibility index (Phi) is 5.27. The number of benzene rings is 1. The Morgan fingerprint density at radius 1 is 1.29 bits per heavy atom. The third kappa shape index (κ3) is 3.39. The molecule has 2 heterocycles. The SMILES string of the molecule is COC(=O)c1c(N)c(C#N)cn1-c1cc(C(=O)O)ccc1N1CCC(C)CC1. The van der Waals surface area contributed by atoms with Crippen LogP contribution in [-0.4, -0.2) is 41.8 Å². The lowest BCUT2D eigenvalue weighted by Crippen LogP contribution is -2.33. The molecule has 0 aliphatic carbocycles. The number of carboxylic acids is 1. The molecule has 0 saturated carbocycles. The van der Waals surface area contributed by atoms with Crippen LogP contribution in [0.3, 0.4) is 0 Å². The number of carbonyl (C=O) groups excluding carboxylic acids is 1. The minimum atomic E-state index is -1.08. The average Bonchev–Trinajstić information content (AvgIpc) is 3.03. The van der Waals surface area contributed by atoms with Gasteiger partial charge in [-0.3, -0.25) is 0 Å². The van der Waals surface area contributed by atoms with Crippen LogP contribution in [0, 0.1) is 17.2 Å². The van der Waals surface area contributed by atoms with Gasteiger partial charge in [-0.25, -0.2) is 9.59 Å². The van der Waals surface area contributed by atoms with Crippen LogP contribution in [-0.2, 0) is 4.74 Å². The van der Waals surface area contributed by atoms with E-state index in [4.69, 9.17) is 10.5 Å². The van der Waals surface area contributed by atoms with E-state index in [2.05, 4.69) is 11.8 Å². The number of aromatic nitrogens is 1. The normalized spacial score (nSPS) is 14.5. The topological polar surface area (TPSA) is 122 Å². The number of methoxy groups -OCH3 is 1. The molecule has 3 rings (SSSR count). The molecule has 1 aromatic carbocycles. The molecule has 0 bridgehead atoms. The maximum atomic E-state index is 12.3. The molecular weight excluding hydrogens is 360 g/mol. The van der Waals surface area contributed by atoms with E-state index < -0.39 is 11.9 Å². The van der Waals surface area contributed by atoms with Crippen LogP contribution in [0.15, 0.2) is 24.4 Å². The van der Waals surface area contributed by atoms with Crippen LogP contribution >= 0.6 is 0 Å². The third-order valence-corrected chi connectivity index (χ3v) is 5.15. The Balaban J connectivity index is 2.22. The van der Waals surface area contributed by atoms with Gasteiger partial charge in [0.1, 0.15) is 6.07 Å². The molecule has 146 valence electrons. The maximum absolute atomic E-state index is 12.3. The molecule has 0 amide bonds. The van der Waals surface area contributed by atoms with Crippen molar-refractivity contribution in [1.29, 1.82) is 5.26 Å². The van der Waals surface area contributed by atoms with E-state index in [9.17, 15) is 20.0 Å². The van der Waals surface area contributed by atoms with Crippen molar-refractivity contribution in [2.24, 2.45) is 5.92 Å². The first-order valence-corrected chi connectivity index (χ1v) is 8.99. The zero-order chi connectivity index (χ0) is 20.4. The van der Waals surface area contributed by atoms with Gasteiger partial charge in [0.05, 0.1) is 35.3 Å². The molecule has 1 aliphatic rings. The molecule has 28 heavy (non-hydrogen) atoms. The Morgan fingerprint density at radius 2 is 1.96 bits per heavy atom. The van der Waals surface area contributed by atoms with Crippen molar-refractivity contribution in [3.8, 4) is 11.8 Å². The van der Waals surface area contributed by atoms with Crippen LogP contribution in [0.25, 0.3) is 5.69 Å². The number of nitrogens with zero attached hydrogens (tertiary/aromatic N) is 3. The van der Waals surface area contributed by atoms with E-state index in [1.165, 1.54) is 30.0 Å². The lowest BCUT2D eigenvalue weighted by molar-refractivity contribution is 0.0592. The van der Waals surface area contributed by atoms with Crippen molar-refractivity contribution in [2.45, 2.75) is 19.8 Å². The third-order valence-electron chi connectivity index (χ3n) is 5.15. The summed E-state index contributed by atoms with van der Waals surface area (Å²) >= 11 is 0. The number of rotatable bonds is 4. The number of nitrogens with two attached hydrogens (primary N) is 1.